The van der Waals surface area contributed by atoms with Crippen LogP contribution in [0.15, 0.2) is 42.5 Å². The largest absolute Gasteiger partial charge is 0.310 e. The monoisotopic (exact) mass is 260 g/mol. The zero-order chi connectivity index (χ0) is 13.0. The van der Waals surface area contributed by atoms with Crippen LogP contribution < -0.4 is 5.32 Å². The van der Waals surface area contributed by atoms with Crippen molar-refractivity contribution in [3.05, 3.63) is 58.7 Å². The molecule has 0 saturated carbocycles. The van der Waals surface area contributed by atoms with Gasteiger partial charge >= 0.3 is 0 Å². The van der Waals surface area contributed by atoms with Crippen molar-refractivity contribution in [2.75, 3.05) is 5.32 Å². The third-order valence-corrected chi connectivity index (χ3v) is 2.64. The van der Waals surface area contributed by atoms with Crippen LogP contribution in [0.1, 0.15) is 11.1 Å². The Bertz CT molecular complexity index is 520. The van der Waals surface area contributed by atoms with Gasteiger partial charge in [0.15, 0.2) is 0 Å². The number of pyridine rings is 1. The van der Waals surface area contributed by atoms with Crippen molar-refractivity contribution < 1.29 is 4.79 Å². The molecule has 0 spiro atoms. The first-order chi connectivity index (χ1) is 8.63. The molecule has 0 fully saturated rings. The second-order valence-corrected chi connectivity index (χ2v) is 4.45. The summed E-state index contributed by atoms with van der Waals surface area (Å²) in [5, 5.41) is 3.08. The highest BCUT2D eigenvalue weighted by Gasteiger charge is 2.05. The van der Waals surface area contributed by atoms with Crippen LogP contribution in [-0.4, -0.2) is 10.9 Å². The molecule has 0 aliphatic heterocycles. The van der Waals surface area contributed by atoms with Gasteiger partial charge in [0.25, 0.3) is 0 Å². The van der Waals surface area contributed by atoms with Gasteiger partial charge < -0.3 is 5.32 Å². The Hall–Kier alpha value is -1.87. The van der Waals surface area contributed by atoms with Gasteiger partial charge in [-0.25, -0.2) is 4.98 Å². The molecule has 1 N–H and O–H groups in total. The predicted octanol–water partition coefficient (Wildman–Crippen LogP) is 3.22. The predicted molar refractivity (Wildman–Crippen MR) is 72.8 cm³/mol. The normalized spacial score (nSPS) is 10.1. The molecule has 1 aromatic heterocycles. The van der Waals surface area contributed by atoms with Crippen LogP contribution >= 0.6 is 11.6 Å². The van der Waals surface area contributed by atoms with Crippen LogP contribution in [0.2, 0.25) is 5.15 Å². The second kappa shape index (κ2) is 5.65. The maximum atomic E-state index is 11.8. The molecule has 2 rings (SSSR count). The summed E-state index contributed by atoms with van der Waals surface area (Å²) < 4.78 is 0. The molecule has 92 valence electrons. The Morgan fingerprint density at radius 2 is 2.06 bits per heavy atom. The molecule has 0 atom stereocenters. The summed E-state index contributed by atoms with van der Waals surface area (Å²) in [5.74, 6) is 0.371. The number of amides is 1. The van der Waals surface area contributed by atoms with E-state index >= 15 is 0 Å². The fraction of sp³-hybridized carbons (Fsp3) is 0.143. The van der Waals surface area contributed by atoms with E-state index in [0.29, 0.717) is 17.4 Å². The third-order valence-electron chi connectivity index (χ3n) is 2.43. The standard InChI is InChI=1S/C14H13ClN2O/c1-10-4-2-5-11(8-10)9-14(18)17-13-7-3-6-12(15)16-13/h2-8H,9H2,1H3,(H,16,17,18). The first-order valence-corrected chi connectivity index (χ1v) is 5.99. The van der Waals surface area contributed by atoms with Gasteiger partial charge in [0.05, 0.1) is 6.42 Å². The number of nitrogens with one attached hydrogen (secondary N) is 1. The lowest BCUT2D eigenvalue weighted by atomic mass is 10.1. The van der Waals surface area contributed by atoms with E-state index in [9.17, 15) is 4.79 Å². The van der Waals surface area contributed by atoms with Gasteiger partial charge in [-0.1, -0.05) is 47.5 Å². The van der Waals surface area contributed by atoms with E-state index < -0.39 is 0 Å². The Morgan fingerprint density at radius 1 is 1.28 bits per heavy atom. The van der Waals surface area contributed by atoms with Gasteiger partial charge in [-0.05, 0) is 24.6 Å². The summed E-state index contributed by atoms with van der Waals surface area (Å²) in [4.78, 5) is 15.8. The lowest BCUT2D eigenvalue weighted by Gasteiger charge is -2.05. The average Bonchev–Trinajstić information content (AvgIpc) is 2.28. The van der Waals surface area contributed by atoms with Crippen LogP contribution in [0.5, 0.6) is 0 Å². The number of hydrogen-bond acceptors (Lipinski definition) is 2. The lowest BCUT2D eigenvalue weighted by Crippen LogP contribution is -2.15. The summed E-state index contributed by atoms with van der Waals surface area (Å²) in [6, 6.07) is 13.0. The minimum Gasteiger partial charge on any atom is -0.310 e. The summed E-state index contributed by atoms with van der Waals surface area (Å²) in [6.45, 7) is 2.00. The highest BCUT2D eigenvalue weighted by Crippen LogP contribution is 2.10. The summed E-state index contributed by atoms with van der Waals surface area (Å²) in [7, 11) is 0. The van der Waals surface area contributed by atoms with Crippen LogP contribution in [0.25, 0.3) is 0 Å². The van der Waals surface area contributed by atoms with Crippen molar-refractivity contribution in [2.24, 2.45) is 0 Å². The molecule has 0 aliphatic rings. The second-order valence-electron chi connectivity index (χ2n) is 4.06. The molecule has 18 heavy (non-hydrogen) atoms. The van der Waals surface area contributed by atoms with Crippen molar-refractivity contribution in [3.8, 4) is 0 Å². The molecule has 1 heterocycles. The number of halogens is 1. The van der Waals surface area contributed by atoms with E-state index in [0.717, 1.165) is 11.1 Å². The number of benzene rings is 1. The van der Waals surface area contributed by atoms with Gasteiger partial charge in [-0.2, -0.15) is 0 Å². The third kappa shape index (κ3) is 3.57. The molecular formula is C14H13ClN2O. The van der Waals surface area contributed by atoms with E-state index in [-0.39, 0.29) is 5.91 Å². The highest BCUT2D eigenvalue weighted by atomic mass is 35.5. The van der Waals surface area contributed by atoms with E-state index in [1.54, 1.807) is 18.2 Å². The smallest absolute Gasteiger partial charge is 0.229 e. The molecule has 1 aromatic carbocycles. The maximum Gasteiger partial charge on any atom is 0.229 e. The number of nitrogens with zero attached hydrogens (tertiary/aromatic N) is 1. The zero-order valence-electron chi connectivity index (χ0n) is 9.98. The molecule has 0 saturated heterocycles. The lowest BCUT2D eigenvalue weighted by molar-refractivity contribution is -0.115. The molecule has 0 bridgehead atoms. The molecular weight excluding hydrogens is 248 g/mol. The Balaban J connectivity index is 2.01. The minimum atomic E-state index is -0.102. The number of aromatic nitrogens is 1. The number of aryl methyl sites for hydroxylation is 1. The topological polar surface area (TPSA) is 42.0 Å². The molecule has 2 aromatic rings. The molecule has 3 nitrogen and oxygen atoms in total. The van der Waals surface area contributed by atoms with Crippen LogP contribution in [0.3, 0.4) is 0 Å². The maximum absolute atomic E-state index is 11.8. The first-order valence-electron chi connectivity index (χ1n) is 5.61. The Kier molecular flexibility index (Phi) is 3.95. The van der Waals surface area contributed by atoms with Gasteiger partial charge in [0.1, 0.15) is 11.0 Å². The Labute approximate surface area is 111 Å². The zero-order valence-corrected chi connectivity index (χ0v) is 10.7. The number of anilines is 1. The van der Waals surface area contributed by atoms with E-state index in [1.165, 1.54) is 0 Å². The quantitative estimate of drug-likeness (QED) is 0.861. The van der Waals surface area contributed by atoms with Crippen molar-refractivity contribution in [1.82, 2.24) is 4.98 Å². The van der Waals surface area contributed by atoms with Crippen LogP contribution in [0.4, 0.5) is 5.82 Å². The molecule has 0 radical (unpaired) electrons. The van der Waals surface area contributed by atoms with Crippen molar-refractivity contribution >= 4 is 23.3 Å². The van der Waals surface area contributed by atoms with Crippen molar-refractivity contribution in [3.63, 3.8) is 0 Å². The SMILES string of the molecule is Cc1cccc(CC(=O)Nc2cccc(Cl)n2)c1. The fourth-order valence-electron chi connectivity index (χ4n) is 1.67. The number of carbonyl (C=O) groups excluding carboxylic acids is 1. The Morgan fingerprint density at radius 3 is 2.78 bits per heavy atom. The number of rotatable bonds is 3. The first kappa shape index (κ1) is 12.6. The van der Waals surface area contributed by atoms with E-state index in [4.69, 9.17) is 11.6 Å². The molecule has 1 amide bonds. The minimum absolute atomic E-state index is 0.102. The van der Waals surface area contributed by atoms with Crippen molar-refractivity contribution in [2.45, 2.75) is 13.3 Å². The molecule has 0 aliphatic carbocycles. The van der Waals surface area contributed by atoms with Gasteiger partial charge in [-0.3, -0.25) is 4.79 Å². The average molecular weight is 261 g/mol. The molecule has 4 heteroatoms. The number of carbonyl (C=O) groups is 1. The van der Waals surface area contributed by atoms with E-state index in [2.05, 4.69) is 10.3 Å². The van der Waals surface area contributed by atoms with Crippen molar-refractivity contribution in [1.29, 1.82) is 0 Å². The summed E-state index contributed by atoms with van der Waals surface area (Å²) in [6.07, 6.45) is 0.329. The van der Waals surface area contributed by atoms with Gasteiger partial charge in [0.2, 0.25) is 5.91 Å². The number of hydrogen-bond donors (Lipinski definition) is 1. The van der Waals surface area contributed by atoms with Crippen LogP contribution in [-0.2, 0) is 11.2 Å². The fourth-order valence-corrected chi connectivity index (χ4v) is 1.84. The van der Waals surface area contributed by atoms with Gasteiger partial charge in [0, 0.05) is 0 Å². The van der Waals surface area contributed by atoms with E-state index in [1.807, 2.05) is 31.2 Å². The summed E-state index contributed by atoms with van der Waals surface area (Å²) in [5.41, 5.74) is 2.12. The summed E-state index contributed by atoms with van der Waals surface area (Å²) >= 11 is 5.75. The molecule has 0 unspecified atom stereocenters. The van der Waals surface area contributed by atoms with Crippen LogP contribution in [0, 0.1) is 6.92 Å². The highest BCUT2D eigenvalue weighted by molar-refractivity contribution is 6.29. The van der Waals surface area contributed by atoms with Gasteiger partial charge in [-0.15, -0.1) is 0 Å².